The molecule has 0 aromatic carbocycles. The van der Waals surface area contributed by atoms with Crippen LogP contribution in [-0.2, 0) is 17.9 Å². The zero-order chi connectivity index (χ0) is 16.6. The van der Waals surface area contributed by atoms with E-state index in [0.29, 0.717) is 24.5 Å². The summed E-state index contributed by atoms with van der Waals surface area (Å²) in [5, 5.41) is 14.1. The van der Waals surface area contributed by atoms with E-state index in [1.165, 1.54) is 18.3 Å². The number of H-pyrrole nitrogens is 1. The first-order chi connectivity index (χ1) is 11.7. The zero-order valence-electron chi connectivity index (χ0n) is 13.9. The molecule has 7 heteroatoms. The van der Waals surface area contributed by atoms with Crippen molar-refractivity contribution in [2.45, 2.75) is 57.8 Å². The Morgan fingerprint density at radius 2 is 2.46 bits per heavy atom. The van der Waals surface area contributed by atoms with Crippen molar-refractivity contribution in [3.63, 3.8) is 0 Å². The highest BCUT2D eigenvalue weighted by atomic mass is 32.1. The smallest absolute Gasteiger partial charge is 0.228 e. The number of hydrogen-bond donors (Lipinski definition) is 2. The van der Waals surface area contributed by atoms with Crippen molar-refractivity contribution in [3.05, 3.63) is 34.5 Å². The summed E-state index contributed by atoms with van der Waals surface area (Å²) >= 11 is 1.74. The highest BCUT2D eigenvalue weighted by Gasteiger charge is 2.58. The van der Waals surface area contributed by atoms with E-state index >= 15 is 0 Å². The Balaban J connectivity index is 1.49. The first-order valence-corrected chi connectivity index (χ1v) is 9.56. The third-order valence-electron chi connectivity index (χ3n) is 5.79. The first-order valence-electron chi connectivity index (χ1n) is 8.62. The van der Waals surface area contributed by atoms with Crippen LogP contribution in [0, 0.1) is 5.41 Å². The van der Waals surface area contributed by atoms with Crippen LogP contribution in [0.4, 0.5) is 0 Å². The summed E-state index contributed by atoms with van der Waals surface area (Å²) in [5.41, 5.74) is 1.10. The van der Waals surface area contributed by atoms with Crippen LogP contribution in [0.15, 0.2) is 23.2 Å². The number of aromatic amines is 1. The number of fused-ring (bicyclic) bond motifs is 2. The van der Waals surface area contributed by atoms with Gasteiger partial charge in [-0.15, -0.1) is 0 Å². The minimum Gasteiger partial charge on any atom is -0.348 e. The van der Waals surface area contributed by atoms with Crippen molar-refractivity contribution in [2.75, 3.05) is 0 Å². The number of rotatable bonds is 6. The molecule has 0 aliphatic carbocycles. The fourth-order valence-corrected chi connectivity index (χ4v) is 5.24. The van der Waals surface area contributed by atoms with Crippen molar-refractivity contribution in [1.82, 2.24) is 25.4 Å². The minimum atomic E-state index is -0.265. The fourth-order valence-electron chi connectivity index (χ4n) is 4.58. The molecule has 4 heterocycles. The summed E-state index contributed by atoms with van der Waals surface area (Å²) in [6.07, 6.45) is 5.67. The highest BCUT2D eigenvalue weighted by molar-refractivity contribution is 7.07. The molecule has 2 saturated heterocycles. The van der Waals surface area contributed by atoms with E-state index in [1.807, 2.05) is 0 Å². The first kappa shape index (κ1) is 15.8. The van der Waals surface area contributed by atoms with Gasteiger partial charge in [-0.3, -0.25) is 14.8 Å². The summed E-state index contributed by atoms with van der Waals surface area (Å²) in [4.78, 5) is 19.7. The molecule has 2 N–H and O–H groups in total. The molecule has 2 aliphatic heterocycles. The molecule has 24 heavy (non-hydrogen) atoms. The summed E-state index contributed by atoms with van der Waals surface area (Å²) in [5.74, 6) is 0.872. The van der Waals surface area contributed by atoms with Crippen molar-refractivity contribution in [2.24, 2.45) is 5.41 Å². The van der Waals surface area contributed by atoms with E-state index in [9.17, 15) is 4.79 Å². The van der Waals surface area contributed by atoms with Crippen LogP contribution in [0.3, 0.4) is 0 Å². The molecule has 6 nitrogen and oxygen atoms in total. The van der Waals surface area contributed by atoms with Gasteiger partial charge in [0.2, 0.25) is 5.91 Å². The third kappa shape index (κ3) is 2.56. The van der Waals surface area contributed by atoms with Gasteiger partial charge in [-0.05, 0) is 48.1 Å². The number of hydrogen-bond acceptors (Lipinski definition) is 5. The van der Waals surface area contributed by atoms with Crippen LogP contribution in [0.25, 0.3) is 0 Å². The molecule has 0 radical (unpaired) electrons. The van der Waals surface area contributed by atoms with E-state index in [1.54, 1.807) is 11.3 Å². The maximum absolute atomic E-state index is 13.0. The van der Waals surface area contributed by atoms with Gasteiger partial charge in [-0.1, -0.05) is 6.92 Å². The second-order valence-electron chi connectivity index (χ2n) is 6.88. The Bertz CT molecular complexity index is 686. The number of amides is 1. The average Bonchev–Trinajstić information content (AvgIpc) is 3.39. The molecule has 1 amide bonds. The number of carbonyl (C=O) groups is 1. The van der Waals surface area contributed by atoms with Crippen LogP contribution in [-0.4, -0.2) is 38.1 Å². The van der Waals surface area contributed by atoms with Crippen molar-refractivity contribution >= 4 is 17.2 Å². The van der Waals surface area contributed by atoms with E-state index in [2.05, 4.69) is 49.1 Å². The number of aromatic nitrogens is 3. The lowest BCUT2D eigenvalue weighted by molar-refractivity contribution is -0.133. The molecule has 2 aromatic rings. The molecule has 0 unspecified atom stereocenters. The molecule has 0 spiro atoms. The SMILES string of the molecule is CC[C@@]1(C(=O)NCc2ncn[nH]2)C[C@@H]2CC[C@H]1N2Cc1ccsc1. The molecule has 3 atom stereocenters. The largest absolute Gasteiger partial charge is 0.348 e. The Morgan fingerprint density at radius 1 is 1.54 bits per heavy atom. The molecule has 4 rings (SSSR count). The van der Waals surface area contributed by atoms with Gasteiger partial charge in [-0.25, -0.2) is 4.98 Å². The monoisotopic (exact) mass is 345 g/mol. The normalized spacial score (nSPS) is 29.2. The van der Waals surface area contributed by atoms with Crippen LogP contribution in [0.2, 0.25) is 0 Å². The topological polar surface area (TPSA) is 73.9 Å². The summed E-state index contributed by atoms with van der Waals surface area (Å²) in [6.45, 7) is 3.54. The van der Waals surface area contributed by atoms with Crippen molar-refractivity contribution < 1.29 is 4.79 Å². The summed E-state index contributed by atoms with van der Waals surface area (Å²) in [7, 11) is 0. The van der Waals surface area contributed by atoms with Gasteiger partial charge in [0, 0.05) is 18.6 Å². The van der Waals surface area contributed by atoms with Gasteiger partial charge in [0.25, 0.3) is 0 Å². The predicted octanol–water partition coefficient (Wildman–Crippen LogP) is 2.32. The summed E-state index contributed by atoms with van der Waals surface area (Å²) < 4.78 is 0. The van der Waals surface area contributed by atoms with Crippen LogP contribution < -0.4 is 5.32 Å². The van der Waals surface area contributed by atoms with Gasteiger partial charge in [-0.2, -0.15) is 16.4 Å². The second-order valence-corrected chi connectivity index (χ2v) is 7.66. The minimum absolute atomic E-state index is 0.170. The highest BCUT2D eigenvalue weighted by Crippen LogP contribution is 2.52. The lowest BCUT2D eigenvalue weighted by Gasteiger charge is -2.35. The lowest BCUT2D eigenvalue weighted by atomic mass is 9.71. The van der Waals surface area contributed by atoms with Gasteiger partial charge in [0.1, 0.15) is 12.2 Å². The van der Waals surface area contributed by atoms with E-state index < -0.39 is 0 Å². The second kappa shape index (κ2) is 6.29. The van der Waals surface area contributed by atoms with Crippen molar-refractivity contribution in [1.29, 1.82) is 0 Å². The Hall–Kier alpha value is -1.73. The molecule has 2 bridgehead atoms. The Kier molecular flexibility index (Phi) is 4.14. The Labute approximate surface area is 145 Å². The quantitative estimate of drug-likeness (QED) is 0.843. The van der Waals surface area contributed by atoms with Gasteiger partial charge in [0.15, 0.2) is 0 Å². The van der Waals surface area contributed by atoms with Crippen LogP contribution >= 0.6 is 11.3 Å². The van der Waals surface area contributed by atoms with E-state index in [4.69, 9.17) is 0 Å². The van der Waals surface area contributed by atoms with E-state index in [-0.39, 0.29) is 11.3 Å². The standard InChI is InChI=1S/C17H23N5OS/c1-2-17(16(23)18-8-15-19-11-20-21-15)7-13-3-4-14(17)22(13)9-12-5-6-24-10-12/h5-6,10-11,13-14H,2-4,7-9H2,1H3,(H,18,23)(H,19,20,21)/t13-,14+,17+/m0/s1. The molecule has 0 saturated carbocycles. The average molecular weight is 345 g/mol. The molecule has 2 aromatic heterocycles. The molecular formula is C17H23N5OS. The van der Waals surface area contributed by atoms with Gasteiger partial charge >= 0.3 is 0 Å². The van der Waals surface area contributed by atoms with Gasteiger partial charge in [0.05, 0.1) is 12.0 Å². The molecular weight excluding hydrogens is 322 g/mol. The molecule has 2 aliphatic rings. The van der Waals surface area contributed by atoms with Crippen molar-refractivity contribution in [3.8, 4) is 0 Å². The number of nitrogens with one attached hydrogen (secondary N) is 2. The molecule has 128 valence electrons. The lowest BCUT2D eigenvalue weighted by Crippen LogP contribution is -2.48. The van der Waals surface area contributed by atoms with Gasteiger partial charge < -0.3 is 5.32 Å². The van der Waals surface area contributed by atoms with E-state index in [0.717, 1.165) is 25.8 Å². The predicted molar refractivity (Wildman–Crippen MR) is 92.2 cm³/mol. The number of carbonyl (C=O) groups excluding carboxylic acids is 1. The fraction of sp³-hybridized carbons (Fsp3) is 0.588. The van der Waals surface area contributed by atoms with Crippen LogP contribution in [0.5, 0.6) is 0 Å². The number of nitrogens with zero attached hydrogens (tertiary/aromatic N) is 3. The third-order valence-corrected chi connectivity index (χ3v) is 6.52. The number of thiophene rings is 1. The zero-order valence-corrected chi connectivity index (χ0v) is 14.7. The van der Waals surface area contributed by atoms with Crippen LogP contribution in [0.1, 0.15) is 44.0 Å². The maximum atomic E-state index is 13.0. The molecule has 2 fully saturated rings. The maximum Gasteiger partial charge on any atom is 0.228 e. The summed E-state index contributed by atoms with van der Waals surface area (Å²) in [6, 6.07) is 3.08. The Morgan fingerprint density at radius 3 is 3.17 bits per heavy atom.